The zero-order valence-corrected chi connectivity index (χ0v) is 53.0. The highest BCUT2D eigenvalue weighted by atomic mass is 16.6. The lowest BCUT2D eigenvalue weighted by Gasteiger charge is -2.18. The molecule has 0 bridgehead atoms. The topological polar surface area (TPSA) is 78.9 Å². The van der Waals surface area contributed by atoms with Gasteiger partial charge in [-0.05, 0) is 109 Å². The summed E-state index contributed by atoms with van der Waals surface area (Å²) >= 11 is 0. The zero-order chi connectivity index (χ0) is 58.5. The fraction of sp³-hybridized carbons (Fsp3) is 0.693. The van der Waals surface area contributed by atoms with Crippen molar-refractivity contribution in [1.29, 1.82) is 0 Å². The maximum atomic E-state index is 12.9. The minimum Gasteiger partial charge on any atom is -0.462 e. The van der Waals surface area contributed by atoms with E-state index in [9.17, 15) is 14.4 Å². The first-order valence-electron chi connectivity index (χ1n) is 34.0. The van der Waals surface area contributed by atoms with E-state index in [0.29, 0.717) is 19.3 Å². The van der Waals surface area contributed by atoms with Gasteiger partial charge < -0.3 is 14.2 Å². The SMILES string of the molecule is CC/C=C\C/C=C\C/C=C\C/C=C\C/C=C\CCCCCCCCCCCCCCCC(=O)OCC(COC(=O)CCCCCCCCC)OC(=O)CCCCCCCCCCCCC/C=C\C/C=C\C/C=C\C/C=C\C/C=C\CC. The summed E-state index contributed by atoms with van der Waals surface area (Å²) < 4.78 is 16.9. The third kappa shape index (κ3) is 66.5. The summed E-state index contributed by atoms with van der Waals surface area (Å²) in [5, 5.41) is 0. The van der Waals surface area contributed by atoms with E-state index in [0.717, 1.165) is 122 Å². The highest BCUT2D eigenvalue weighted by molar-refractivity contribution is 5.71. The molecule has 0 aliphatic heterocycles. The van der Waals surface area contributed by atoms with Gasteiger partial charge in [0, 0.05) is 19.3 Å². The van der Waals surface area contributed by atoms with Gasteiger partial charge in [-0.2, -0.15) is 0 Å². The van der Waals surface area contributed by atoms with Gasteiger partial charge >= 0.3 is 17.9 Å². The monoisotopic (exact) mass is 1120 g/mol. The highest BCUT2D eigenvalue weighted by Gasteiger charge is 2.19. The fourth-order valence-corrected chi connectivity index (χ4v) is 9.44. The van der Waals surface area contributed by atoms with Crippen molar-refractivity contribution in [2.24, 2.45) is 0 Å². The van der Waals surface area contributed by atoms with Gasteiger partial charge in [-0.1, -0.05) is 309 Å². The van der Waals surface area contributed by atoms with Crippen LogP contribution in [0.2, 0.25) is 0 Å². The number of unbranched alkanes of at least 4 members (excludes halogenated alkanes) is 30. The summed E-state index contributed by atoms with van der Waals surface area (Å²) in [4.78, 5) is 38.2. The van der Waals surface area contributed by atoms with Crippen LogP contribution in [0.15, 0.2) is 122 Å². The third-order valence-electron chi connectivity index (χ3n) is 14.5. The van der Waals surface area contributed by atoms with Crippen molar-refractivity contribution in [3.63, 3.8) is 0 Å². The Morgan fingerprint density at radius 1 is 0.259 bits per heavy atom. The molecule has 0 spiro atoms. The van der Waals surface area contributed by atoms with Gasteiger partial charge in [-0.3, -0.25) is 14.4 Å². The largest absolute Gasteiger partial charge is 0.462 e. The number of carbonyl (C=O) groups is 3. The molecule has 0 saturated heterocycles. The lowest BCUT2D eigenvalue weighted by Crippen LogP contribution is -2.30. The molecule has 0 fully saturated rings. The molecule has 1 atom stereocenters. The van der Waals surface area contributed by atoms with Crippen LogP contribution in [0.4, 0.5) is 0 Å². The molecule has 81 heavy (non-hydrogen) atoms. The second kappa shape index (κ2) is 68.3. The van der Waals surface area contributed by atoms with E-state index in [-0.39, 0.29) is 31.1 Å². The number of ether oxygens (including phenoxy) is 3. The van der Waals surface area contributed by atoms with E-state index in [1.54, 1.807) is 0 Å². The van der Waals surface area contributed by atoms with Crippen molar-refractivity contribution < 1.29 is 28.6 Å². The molecule has 6 nitrogen and oxygen atoms in total. The van der Waals surface area contributed by atoms with Crippen molar-refractivity contribution >= 4 is 17.9 Å². The average Bonchev–Trinajstić information content (AvgIpc) is 3.47. The number of esters is 3. The van der Waals surface area contributed by atoms with Crippen LogP contribution in [-0.4, -0.2) is 37.2 Å². The molecule has 6 heteroatoms. The molecule has 0 heterocycles. The van der Waals surface area contributed by atoms with Crippen LogP contribution >= 0.6 is 0 Å². The maximum absolute atomic E-state index is 12.9. The molecule has 0 aromatic heterocycles. The Bertz CT molecular complexity index is 1670. The van der Waals surface area contributed by atoms with E-state index < -0.39 is 6.10 Å². The van der Waals surface area contributed by atoms with Gasteiger partial charge in [0.2, 0.25) is 0 Å². The number of allylic oxidation sites excluding steroid dienone is 20. The Labute approximate surface area is 501 Å². The number of carbonyl (C=O) groups excluding carboxylic acids is 3. The summed E-state index contributed by atoms with van der Waals surface area (Å²) in [7, 11) is 0. The zero-order valence-electron chi connectivity index (χ0n) is 53.0. The third-order valence-corrected chi connectivity index (χ3v) is 14.5. The lowest BCUT2D eigenvalue weighted by atomic mass is 10.0. The van der Waals surface area contributed by atoms with E-state index >= 15 is 0 Å². The number of hydrogen-bond acceptors (Lipinski definition) is 6. The number of rotatable bonds is 61. The molecule has 0 amide bonds. The molecular formula is C75H126O6. The van der Waals surface area contributed by atoms with Crippen LogP contribution in [0.3, 0.4) is 0 Å². The standard InChI is InChI=1S/C75H126O6/c1-4-7-10-13-16-18-20-22-24-26-28-30-32-34-36-37-39-40-42-44-46-48-50-52-54-56-59-62-65-68-74(77)80-71-72(70-79-73(76)67-64-61-58-15-12-9-6-3)81-75(78)69-66-63-60-57-55-53-51-49-47-45-43-41-38-35-33-31-29-27-25-23-21-19-17-14-11-8-5-2/h7-8,10-11,16-19,22-25,28-31,34-36,38,72H,4-6,9,12-15,20-21,26-27,32-33,37,39-71H2,1-3H3/b10-7-,11-8-,18-16-,19-17-,24-22-,25-23-,30-28-,31-29-,36-34-,38-35-. The summed E-state index contributed by atoms with van der Waals surface area (Å²) in [6.45, 7) is 6.39. The van der Waals surface area contributed by atoms with Gasteiger partial charge in [0.15, 0.2) is 6.10 Å². The lowest BCUT2D eigenvalue weighted by molar-refractivity contribution is -0.167. The minimum atomic E-state index is -0.780. The smallest absolute Gasteiger partial charge is 0.306 e. The summed E-state index contributed by atoms with van der Waals surface area (Å²) in [5.41, 5.74) is 0. The van der Waals surface area contributed by atoms with Crippen LogP contribution < -0.4 is 0 Å². The molecule has 0 saturated carbocycles. The fourth-order valence-electron chi connectivity index (χ4n) is 9.44. The first-order valence-corrected chi connectivity index (χ1v) is 34.0. The quantitative estimate of drug-likeness (QED) is 0.0261. The maximum Gasteiger partial charge on any atom is 0.306 e. The minimum absolute atomic E-state index is 0.0783. The molecular weight excluding hydrogens is 997 g/mol. The van der Waals surface area contributed by atoms with E-state index in [1.807, 2.05) is 0 Å². The molecule has 0 rings (SSSR count). The van der Waals surface area contributed by atoms with Crippen LogP contribution in [-0.2, 0) is 28.6 Å². The Balaban J connectivity index is 4.11. The van der Waals surface area contributed by atoms with Crippen molar-refractivity contribution in [2.75, 3.05) is 13.2 Å². The van der Waals surface area contributed by atoms with Crippen LogP contribution in [0.1, 0.15) is 316 Å². The van der Waals surface area contributed by atoms with Crippen LogP contribution in [0.25, 0.3) is 0 Å². The van der Waals surface area contributed by atoms with E-state index in [4.69, 9.17) is 14.2 Å². The van der Waals surface area contributed by atoms with Gasteiger partial charge in [0.1, 0.15) is 13.2 Å². The first-order chi connectivity index (χ1) is 40.0. The summed E-state index contributed by atoms with van der Waals surface area (Å²) in [5.74, 6) is -0.881. The predicted molar refractivity (Wildman–Crippen MR) is 353 cm³/mol. The highest BCUT2D eigenvalue weighted by Crippen LogP contribution is 2.17. The Morgan fingerprint density at radius 2 is 0.481 bits per heavy atom. The van der Waals surface area contributed by atoms with E-state index in [2.05, 4.69) is 142 Å². The molecule has 0 N–H and O–H groups in total. The second-order valence-corrected chi connectivity index (χ2v) is 22.3. The van der Waals surface area contributed by atoms with Crippen molar-refractivity contribution in [3.05, 3.63) is 122 Å². The Morgan fingerprint density at radius 3 is 0.753 bits per heavy atom. The van der Waals surface area contributed by atoms with Crippen LogP contribution in [0, 0.1) is 0 Å². The molecule has 462 valence electrons. The van der Waals surface area contributed by atoms with Crippen molar-refractivity contribution in [3.8, 4) is 0 Å². The van der Waals surface area contributed by atoms with Crippen molar-refractivity contribution in [1.82, 2.24) is 0 Å². The first kappa shape index (κ1) is 76.8. The summed E-state index contributed by atoms with van der Waals surface area (Å²) in [6.07, 6.45) is 95.3. The van der Waals surface area contributed by atoms with Gasteiger partial charge in [0.25, 0.3) is 0 Å². The van der Waals surface area contributed by atoms with E-state index in [1.165, 1.54) is 154 Å². The summed E-state index contributed by atoms with van der Waals surface area (Å²) in [6, 6.07) is 0. The normalized spacial score (nSPS) is 12.9. The van der Waals surface area contributed by atoms with Gasteiger partial charge in [0.05, 0.1) is 0 Å². The second-order valence-electron chi connectivity index (χ2n) is 22.3. The molecule has 0 aromatic rings. The Kier molecular flexibility index (Phi) is 64.8. The molecule has 0 aromatic carbocycles. The molecule has 0 radical (unpaired) electrons. The Hall–Kier alpha value is -4.19. The van der Waals surface area contributed by atoms with Crippen molar-refractivity contribution in [2.45, 2.75) is 322 Å². The van der Waals surface area contributed by atoms with Crippen LogP contribution in [0.5, 0.6) is 0 Å². The van der Waals surface area contributed by atoms with Gasteiger partial charge in [-0.15, -0.1) is 0 Å². The molecule has 0 aliphatic rings. The predicted octanol–water partition coefficient (Wildman–Crippen LogP) is 23.6. The molecule has 1 unspecified atom stereocenters. The molecule has 0 aliphatic carbocycles. The number of hydrogen-bond donors (Lipinski definition) is 0. The average molecular weight is 1120 g/mol. The van der Waals surface area contributed by atoms with Gasteiger partial charge in [-0.25, -0.2) is 0 Å².